The Labute approximate surface area is 98.1 Å². The molecule has 1 rings (SSSR count). The molecule has 0 saturated heterocycles. The second-order valence-corrected chi connectivity index (χ2v) is 4.85. The van der Waals surface area contributed by atoms with Gasteiger partial charge in [-0.3, -0.25) is 0 Å². The Morgan fingerprint density at radius 2 is 2.00 bits per heavy atom. The van der Waals surface area contributed by atoms with Gasteiger partial charge >= 0.3 is 6.09 Å². The monoisotopic (exact) mass is 228 g/mol. The standard InChI is InChI=1S/C12H24N2O2/c1-10(2)9-16-12(15)14-8-7-13-11-5-3-4-6-11/h10-11,13H,3-9H2,1-2H3,(H,14,15). The minimum absolute atomic E-state index is 0.304. The minimum Gasteiger partial charge on any atom is -0.449 e. The summed E-state index contributed by atoms with van der Waals surface area (Å²) in [5, 5.41) is 6.17. The maximum atomic E-state index is 11.2. The van der Waals surface area contributed by atoms with Crippen LogP contribution in [0.15, 0.2) is 0 Å². The van der Waals surface area contributed by atoms with Crippen molar-refractivity contribution in [3.8, 4) is 0 Å². The van der Waals surface area contributed by atoms with Gasteiger partial charge in [-0.15, -0.1) is 0 Å². The van der Waals surface area contributed by atoms with Crippen LogP contribution in [-0.2, 0) is 4.74 Å². The summed E-state index contributed by atoms with van der Waals surface area (Å²) >= 11 is 0. The maximum Gasteiger partial charge on any atom is 0.407 e. The Balaban J connectivity index is 1.91. The summed E-state index contributed by atoms with van der Waals surface area (Å²) in [7, 11) is 0. The second-order valence-electron chi connectivity index (χ2n) is 4.85. The number of rotatable bonds is 6. The molecule has 4 nitrogen and oxygen atoms in total. The van der Waals surface area contributed by atoms with E-state index >= 15 is 0 Å². The first-order valence-corrected chi connectivity index (χ1v) is 6.32. The molecule has 1 fully saturated rings. The normalized spacial score (nSPS) is 16.7. The van der Waals surface area contributed by atoms with Crippen LogP contribution in [0.2, 0.25) is 0 Å². The molecule has 0 bridgehead atoms. The highest BCUT2D eigenvalue weighted by atomic mass is 16.5. The van der Waals surface area contributed by atoms with Gasteiger partial charge in [-0.05, 0) is 18.8 Å². The van der Waals surface area contributed by atoms with Crippen molar-refractivity contribution in [3.63, 3.8) is 0 Å². The van der Waals surface area contributed by atoms with Crippen molar-refractivity contribution in [1.82, 2.24) is 10.6 Å². The quantitative estimate of drug-likeness (QED) is 0.683. The van der Waals surface area contributed by atoms with Crippen molar-refractivity contribution in [3.05, 3.63) is 0 Å². The molecular formula is C12H24N2O2. The number of hydrogen-bond acceptors (Lipinski definition) is 3. The van der Waals surface area contributed by atoms with Gasteiger partial charge in [0.1, 0.15) is 0 Å². The van der Waals surface area contributed by atoms with Gasteiger partial charge in [0.15, 0.2) is 0 Å². The molecule has 1 saturated carbocycles. The first-order chi connectivity index (χ1) is 7.68. The highest BCUT2D eigenvalue weighted by molar-refractivity contribution is 5.67. The van der Waals surface area contributed by atoms with Gasteiger partial charge in [-0.2, -0.15) is 0 Å². The lowest BCUT2D eigenvalue weighted by Gasteiger charge is -2.12. The molecule has 0 aromatic rings. The van der Waals surface area contributed by atoms with Gasteiger partial charge < -0.3 is 15.4 Å². The summed E-state index contributed by atoms with van der Waals surface area (Å²) in [6.07, 6.45) is 4.92. The number of amides is 1. The number of hydrogen-bond donors (Lipinski definition) is 2. The highest BCUT2D eigenvalue weighted by Gasteiger charge is 2.13. The predicted octanol–water partition coefficient (Wildman–Crippen LogP) is 1.90. The summed E-state index contributed by atoms with van der Waals surface area (Å²) in [4.78, 5) is 11.2. The second kappa shape index (κ2) is 7.49. The third kappa shape index (κ3) is 5.95. The van der Waals surface area contributed by atoms with Gasteiger partial charge in [0, 0.05) is 19.1 Å². The van der Waals surface area contributed by atoms with E-state index in [2.05, 4.69) is 10.6 Å². The van der Waals surface area contributed by atoms with Crippen LogP contribution < -0.4 is 10.6 Å². The fraction of sp³-hybridized carbons (Fsp3) is 0.917. The smallest absolute Gasteiger partial charge is 0.407 e. The summed E-state index contributed by atoms with van der Waals surface area (Å²) in [5.74, 6) is 0.391. The summed E-state index contributed by atoms with van der Waals surface area (Å²) in [6.45, 7) is 6.01. The third-order valence-electron chi connectivity index (χ3n) is 2.73. The van der Waals surface area contributed by atoms with E-state index in [1.54, 1.807) is 0 Å². The molecule has 1 aliphatic carbocycles. The Bertz CT molecular complexity index is 201. The molecule has 0 unspecified atom stereocenters. The molecule has 0 spiro atoms. The Morgan fingerprint density at radius 1 is 1.31 bits per heavy atom. The zero-order chi connectivity index (χ0) is 11.8. The van der Waals surface area contributed by atoms with E-state index in [4.69, 9.17) is 4.74 Å². The number of ether oxygens (including phenoxy) is 1. The van der Waals surface area contributed by atoms with Crippen LogP contribution in [0.3, 0.4) is 0 Å². The van der Waals surface area contributed by atoms with Crippen LogP contribution in [-0.4, -0.2) is 31.8 Å². The average molecular weight is 228 g/mol. The molecule has 0 aromatic heterocycles. The van der Waals surface area contributed by atoms with Crippen molar-refractivity contribution >= 4 is 6.09 Å². The predicted molar refractivity (Wildman–Crippen MR) is 64.4 cm³/mol. The molecule has 16 heavy (non-hydrogen) atoms. The SMILES string of the molecule is CC(C)COC(=O)NCCNC1CCCC1. The Hall–Kier alpha value is -0.770. The minimum atomic E-state index is -0.304. The highest BCUT2D eigenvalue weighted by Crippen LogP contribution is 2.16. The van der Waals surface area contributed by atoms with Gasteiger partial charge in [-0.1, -0.05) is 26.7 Å². The zero-order valence-electron chi connectivity index (χ0n) is 10.4. The number of carbonyl (C=O) groups excluding carboxylic acids is 1. The van der Waals surface area contributed by atoms with Crippen molar-refractivity contribution < 1.29 is 9.53 Å². The molecule has 0 radical (unpaired) electrons. The number of carbonyl (C=O) groups is 1. The van der Waals surface area contributed by atoms with E-state index in [1.807, 2.05) is 13.8 Å². The Morgan fingerprint density at radius 3 is 2.62 bits per heavy atom. The van der Waals surface area contributed by atoms with Crippen molar-refractivity contribution in [2.45, 2.75) is 45.6 Å². The van der Waals surface area contributed by atoms with E-state index in [0.29, 0.717) is 25.1 Å². The lowest BCUT2D eigenvalue weighted by atomic mass is 10.2. The van der Waals surface area contributed by atoms with Gasteiger partial charge in [0.2, 0.25) is 0 Å². The van der Waals surface area contributed by atoms with E-state index < -0.39 is 0 Å². The van der Waals surface area contributed by atoms with Crippen LogP contribution in [0, 0.1) is 5.92 Å². The van der Waals surface area contributed by atoms with Crippen molar-refractivity contribution in [2.75, 3.05) is 19.7 Å². The molecule has 0 aromatic carbocycles. The summed E-state index contributed by atoms with van der Waals surface area (Å²) < 4.78 is 5.00. The topological polar surface area (TPSA) is 50.4 Å². The molecule has 94 valence electrons. The molecule has 1 aliphatic rings. The molecule has 4 heteroatoms. The number of nitrogens with one attached hydrogen (secondary N) is 2. The first-order valence-electron chi connectivity index (χ1n) is 6.32. The fourth-order valence-corrected chi connectivity index (χ4v) is 1.86. The van der Waals surface area contributed by atoms with Gasteiger partial charge in [0.25, 0.3) is 0 Å². The van der Waals surface area contributed by atoms with Gasteiger partial charge in [0.05, 0.1) is 6.61 Å². The first kappa shape index (κ1) is 13.3. The van der Waals surface area contributed by atoms with Crippen LogP contribution in [0.25, 0.3) is 0 Å². The molecule has 2 N–H and O–H groups in total. The Kier molecular flexibility index (Phi) is 6.23. The summed E-state index contributed by atoms with van der Waals surface area (Å²) in [6, 6.07) is 0.661. The van der Waals surface area contributed by atoms with Crippen molar-refractivity contribution in [1.29, 1.82) is 0 Å². The molecular weight excluding hydrogens is 204 g/mol. The van der Waals surface area contributed by atoms with E-state index in [0.717, 1.165) is 6.54 Å². The third-order valence-corrected chi connectivity index (χ3v) is 2.73. The molecule has 0 atom stereocenters. The maximum absolute atomic E-state index is 11.2. The van der Waals surface area contributed by atoms with Gasteiger partial charge in [-0.25, -0.2) is 4.79 Å². The van der Waals surface area contributed by atoms with E-state index in [9.17, 15) is 4.79 Å². The molecule has 1 amide bonds. The lowest BCUT2D eigenvalue weighted by Crippen LogP contribution is -2.36. The van der Waals surface area contributed by atoms with E-state index in [1.165, 1.54) is 25.7 Å². The van der Waals surface area contributed by atoms with E-state index in [-0.39, 0.29) is 6.09 Å². The zero-order valence-corrected chi connectivity index (χ0v) is 10.4. The fourth-order valence-electron chi connectivity index (χ4n) is 1.86. The average Bonchev–Trinajstić information content (AvgIpc) is 2.74. The van der Waals surface area contributed by atoms with Crippen LogP contribution in [0.1, 0.15) is 39.5 Å². The van der Waals surface area contributed by atoms with Crippen molar-refractivity contribution in [2.24, 2.45) is 5.92 Å². The number of alkyl carbamates (subject to hydrolysis) is 1. The largest absolute Gasteiger partial charge is 0.449 e. The molecule has 0 aliphatic heterocycles. The lowest BCUT2D eigenvalue weighted by molar-refractivity contribution is 0.133. The molecule has 0 heterocycles. The van der Waals surface area contributed by atoms with Crippen LogP contribution in [0.4, 0.5) is 4.79 Å². The van der Waals surface area contributed by atoms with Crippen LogP contribution >= 0.6 is 0 Å². The summed E-state index contributed by atoms with van der Waals surface area (Å²) in [5.41, 5.74) is 0. The van der Waals surface area contributed by atoms with Crippen LogP contribution in [0.5, 0.6) is 0 Å².